The SMILES string of the molecule is CC(CS(C)(=O)=O)Nc1ccccc1OC(F)F. The molecule has 1 rings (SSSR count). The van der Waals surface area contributed by atoms with E-state index in [-0.39, 0.29) is 11.5 Å². The molecule has 0 spiro atoms. The molecule has 1 N–H and O–H groups in total. The van der Waals surface area contributed by atoms with Crippen molar-refractivity contribution in [2.75, 3.05) is 17.3 Å². The number of hydrogen-bond donors (Lipinski definition) is 1. The van der Waals surface area contributed by atoms with Crippen LogP contribution < -0.4 is 10.1 Å². The van der Waals surface area contributed by atoms with E-state index in [0.29, 0.717) is 5.69 Å². The van der Waals surface area contributed by atoms with E-state index in [1.807, 2.05) is 0 Å². The van der Waals surface area contributed by atoms with Crippen LogP contribution in [-0.2, 0) is 9.84 Å². The third-order valence-corrected chi connectivity index (χ3v) is 3.16. The zero-order chi connectivity index (χ0) is 13.8. The second kappa shape index (κ2) is 5.99. The van der Waals surface area contributed by atoms with Crippen LogP contribution in [0.5, 0.6) is 5.75 Å². The van der Waals surface area contributed by atoms with Crippen molar-refractivity contribution >= 4 is 15.5 Å². The summed E-state index contributed by atoms with van der Waals surface area (Å²) in [6.45, 7) is -1.27. The van der Waals surface area contributed by atoms with Crippen LogP contribution in [0.2, 0.25) is 0 Å². The second-order valence-corrected chi connectivity index (χ2v) is 6.20. The molecule has 102 valence electrons. The fourth-order valence-electron chi connectivity index (χ4n) is 1.55. The molecule has 7 heteroatoms. The van der Waals surface area contributed by atoms with Crippen LogP contribution >= 0.6 is 0 Å². The number of rotatable bonds is 6. The Bertz CT molecular complexity index is 491. The molecule has 1 aromatic carbocycles. The molecule has 0 heterocycles. The molecule has 1 atom stereocenters. The minimum atomic E-state index is -3.13. The normalized spacial score (nSPS) is 13.4. The minimum absolute atomic E-state index is 0.00662. The van der Waals surface area contributed by atoms with E-state index in [1.165, 1.54) is 6.07 Å². The van der Waals surface area contributed by atoms with E-state index >= 15 is 0 Å². The monoisotopic (exact) mass is 279 g/mol. The quantitative estimate of drug-likeness (QED) is 0.866. The lowest BCUT2D eigenvalue weighted by molar-refractivity contribution is -0.0493. The van der Waals surface area contributed by atoms with Crippen molar-refractivity contribution in [2.24, 2.45) is 0 Å². The molecule has 0 amide bonds. The van der Waals surface area contributed by atoms with Crippen molar-refractivity contribution in [3.8, 4) is 5.75 Å². The van der Waals surface area contributed by atoms with E-state index in [0.717, 1.165) is 6.26 Å². The van der Waals surface area contributed by atoms with Gasteiger partial charge in [-0.3, -0.25) is 0 Å². The number of sulfone groups is 1. The minimum Gasteiger partial charge on any atom is -0.433 e. The molecule has 0 saturated carbocycles. The number of hydrogen-bond acceptors (Lipinski definition) is 4. The van der Waals surface area contributed by atoms with Crippen LogP contribution in [0.25, 0.3) is 0 Å². The van der Waals surface area contributed by atoms with Gasteiger partial charge >= 0.3 is 6.61 Å². The van der Waals surface area contributed by atoms with Crippen LogP contribution in [-0.4, -0.2) is 33.1 Å². The first-order chi connectivity index (χ1) is 8.28. The Morgan fingerprint density at radius 1 is 1.33 bits per heavy atom. The van der Waals surface area contributed by atoms with E-state index in [2.05, 4.69) is 10.1 Å². The largest absolute Gasteiger partial charge is 0.433 e. The van der Waals surface area contributed by atoms with Crippen LogP contribution in [0.15, 0.2) is 24.3 Å². The zero-order valence-corrected chi connectivity index (χ0v) is 10.9. The van der Waals surface area contributed by atoms with Gasteiger partial charge in [0, 0.05) is 12.3 Å². The highest BCUT2D eigenvalue weighted by Crippen LogP contribution is 2.26. The topological polar surface area (TPSA) is 55.4 Å². The first-order valence-corrected chi connectivity index (χ1v) is 7.32. The predicted molar refractivity (Wildman–Crippen MR) is 65.9 cm³/mol. The fraction of sp³-hybridized carbons (Fsp3) is 0.455. The third kappa shape index (κ3) is 5.31. The Kier molecular flexibility index (Phi) is 4.89. The Morgan fingerprint density at radius 3 is 2.50 bits per heavy atom. The molecule has 0 aliphatic rings. The smallest absolute Gasteiger partial charge is 0.387 e. The number of benzene rings is 1. The number of anilines is 1. The summed E-state index contributed by atoms with van der Waals surface area (Å²) in [7, 11) is -3.13. The van der Waals surface area contributed by atoms with E-state index in [9.17, 15) is 17.2 Å². The van der Waals surface area contributed by atoms with Gasteiger partial charge in [-0.2, -0.15) is 8.78 Å². The molecular formula is C11H15F2NO3S. The fourth-order valence-corrected chi connectivity index (χ4v) is 2.54. The average molecular weight is 279 g/mol. The highest BCUT2D eigenvalue weighted by Gasteiger charge is 2.14. The molecule has 4 nitrogen and oxygen atoms in total. The molecule has 0 bridgehead atoms. The first kappa shape index (κ1) is 14.7. The van der Waals surface area contributed by atoms with E-state index < -0.39 is 22.5 Å². The van der Waals surface area contributed by atoms with Crippen molar-refractivity contribution in [3.63, 3.8) is 0 Å². The first-order valence-electron chi connectivity index (χ1n) is 5.26. The lowest BCUT2D eigenvalue weighted by atomic mass is 10.2. The van der Waals surface area contributed by atoms with Gasteiger partial charge in [-0.05, 0) is 19.1 Å². The molecule has 1 aromatic rings. The van der Waals surface area contributed by atoms with Crippen LogP contribution in [0.1, 0.15) is 6.92 Å². The molecule has 0 saturated heterocycles. The number of halogens is 2. The summed E-state index contributed by atoms with van der Waals surface area (Å²) in [5.74, 6) is -0.0939. The highest BCUT2D eigenvalue weighted by molar-refractivity contribution is 7.90. The molecule has 0 radical (unpaired) electrons. The molecule has 0 aliphatic carbocycles. The predicted octanol–water partition coefficient (Wildman–Crippen LogP) is 2.13. The summed E-state index contributed by atoms with van der Waals surface area (Å²) in [6.07, 6.45) is 1.12. The number of para-hydroxylation sites is 2. The summed E-state index contributed by atoms with van der Waals surface area (Å²) >= 11 is 0. The third-order valence-electron chi connectivity index (χ3n) is 2.06. The van der Waals surface area contributed by atoms with Crippen molar-refractivity contribution in [3.05, 3.63) is 24.3 Å². The number of nitrogens with one attached hydrogen (secondary N) is 1. The molecular weight excluding hydrogens is 264 g/mol. The zero-order valence-electron chi connectivity index (χ0n) is 10.1. The van der Waals surface area contributed by atoms with E-state index in [1.54, 1.807) is 25.1 Å². The summed E-state index contributed by atoms with van der Waals surface area (Å²) in [5, 5.41) is 2.83. The van der Waals surface area contributed by atoms with Crippen molar-refractivity contribution in [2.45, 2.75) is 19.6 Å². The summed E-state index contributed by atoms with van der Waals surface area (Å²) in [5.41, 5.74) is 0.342. The van der Waals surface area contributed by atoms with Crippen molar-refractivity contribution in [1.29, 1.82) is 0 Å². The maximum atomic E-state index is 12.2. The lowest BCUT2D eigenvalue weighted by Gasteiger charge is -2.17. The maximum absolute atomic E-state index is 12.2. The average Bonchev–Trinajstić information content (AvgIpc) is 2.17. The van der Waals surface area contributed by atoms with Gasteiger partial charge in [-0.15, -0.1) is 0 Å². The van der Waals surface area contributed by atoms with Gasteiger partial charge in [-0.25, -0.2) is 8.42 Å². The summed E-state index contributed by atoms with van der Waals surface area (Å²) in [6, 6.07) is 5.75. The highest BCUT2D eigenvalue weighted by atomic mass is 32.2. The standard InChI is InChI=1S/C11H15F2NO3S/c1-8(7-18(2,15)16)14-9-5-3-4-6-10(9)17-11(12)13/h3-6,8,11,14H,7H2,1-2H3. The molecule has 0 fully saturated rings. The van der Waals surface area contributed by atoms with Gasteiger partial charge in [0.2, 0.25) is 0 Å². The van der Waals surface area contributed by atoms with Gasteiger partial charge < -0.3 is 10.1 Å². The molecule has 1 unspecified atom stereocenters. The Labute approximate surface area is 105 Å². The maximum Gasteiger partial charge on any atom is 0.387 e. The summed E-state index contributed by atoms with van der Waals surface area (Å²) in [4.78, 5) is 0. The Morgan fingerprint density at radius 2 is 1.94 bits per heavy atom. The molecule has 18 heavy (non-hydrogen) atoms. The van der Waals surface area contributed by atoms with Gasteiger partial charge in [0.1, 0.15) is 15.6 Å². The number of alkyl halides is 2. The molecule has 0 aliphatic heterocycles. The second-order valence-electron chi connectivity index (χ2n) is 4.01. The van der Waals surface area contributed by atoms with Gasteiger partial charge in [-0.1, -0.05) is 12.1 Å². The summed E-state index contributed by atoms with van der Waals surface area (Å²) < 4.78 is 50.9. The van der Waals surface area contributed by atoms with Gasteiger partial charge in [0.05, 0.1) is 11.4 Å². The lowest BCUT2D eigenvalue weighted by Crippen LogP contribution is -2.25. The van der Waals surface area contributed by atoms with E-state index in [4.69, 9.17) is 0 Å². The van der Waals surface area contributed by atoms with Gasteiger partial charge in [0.25, 0.3) is 0 Å². The van der Waals surface area contributed by atoms with Crippen LogP contribution in [0.3, 0.4) is 0 Å². The van der Waals surface area contributed by atoms with Crippen molar-refractivity contribution < 1.29 is 21.9 Å². The van der Waals surface area contributed by atoms with Crippen LogP contribution in [0.4, 0.5) is 14.5 Å². The number of ether oxygens (including phenoxy) is 1. The molecule has 0 aromatic heterocycles. The van der Waals surface area contributed by atoms with Crippen molar-refractivity contribution in [1.82, 2.24) is 0 Å². The Balaban J connectivity index is 2.77. The Hall–Kier alpha value is -1.37. The van der Waals surface area contributed by atoms with Crippen LogP contribution in [0, 0.1) is 0 Å². The van der Waals surface area contributed by atoms with Gasteiger partial charge in [0.15, 0.2) is 0 Å².